The van der Waals surface area contributed by atoms with Gasteiger partial charge in [0.2, 0.25) is 6.61 Å². The number of thioether (sulfide) groups is 1. The summed E-state index contributed by atoms with van der Waals surface area (Å²) >= 11 is 2.47. The van der Waals surface area contributed by atoms with Crippen molar-refractivity contribution < 1.29 is 43.1 Å². The van der Waals surface area contributed by atoms with E-state index in [1.54, 1.807) is 26.2 Å². The number of methoxy groups -OCH3 is 1. The molecular weight excluding hydrogens is 606 g/mol. The highest BCUT2D eigenvalue weighted by molar-refractivity contribution is 8.00. The highest BCUT2D eigenvalue weighted by atomic mass is 32.2. The van der Waals surface area contributed by atoms with E-state index >= 15 is 0 Å². The molecule has 2 aliphatic rings. The van der Waals surface area contributed by atoms with E-state index in [0.717, 1.165) is 0 Å². The number of aromatic nitrogens is 1. The number of esters is 2. The minimum Gasteiger partial charge on any atom is -0.498 e. The number of carbonyl (C=O) groups is 4. The van der Waals surface area contributed by atoms with E-state index in [1.807, 2.05) is 0 Å². The molecule has 1 aromatic heterocycles. The van der Waals surface area contributed by atoms with Crippen LogP contribution in [0.1, 0.15) is 32.0 Å². The third kappa shape index (κ3) is 7.47. The Hall–Kier alpha value is -4.51. The SMILES string of the molecule is COC1=C(C(=O)OCc2ccc([N+](=O)[O-])cc2)N2C(=O)C(NC(=O)/C(=N\OCC(=O)OC(C)(C)C)c3cscn3)[C@H]2SC1. The summed E-state index contributed by atoms with van der Waals surface area (Å²) in [4.78, 5) is 72.1. The van der Waals surface area contributed by atoms with Crippen LogP contribution in [0.15, 0.2) is 51.8 Å². The van der Waals surface area contributed by atoms with Crippen LogP contribution in [-0.2, 0) is 44.8 Å². The fourth-order valence-corrected chi connectivity index (χ4v) is 5.78. The highest BCUT2D eigenvalue weighted by Crippen LogP contribution is 2.41. The second-order valence-corrected chi connectivity index (χ2v) is 11.8. The van der Waals surface area contributed by atoms with Crippen LogP contribution in [0, 0.1) is 10.1 Å². The van der Waals surface area contributed by atoms with E-state index in [4.69, 9.17) is 19.0 Å². The molecule has 2 aliphatic heterocycles. The van der Waals surface area contributed by atoms with Crippen LogP contribution in [0.25, 0.3) is 0 Å². The van der Waals surface area contributed by atoms with Crippen LogP contribution in [0.2, 0.25) is 0 Å². The maximum Gasteiger partial charge on any atom is 0.358 e. The molecule has 43 heavy (non-hydrogen) atoms. The van der Waals surface area contributed by atoms with E-state index in [0.29, 0.717) is 5.56 Å². The second kappa shape index (κ2) is 13.2. The molecule has 0 saturated carbocycles. The number of hydrogen-bond donors (Lipinski definition) is 1. The van der Waals surface area contributed by atoms with Crippen molar-refractivity contribution in [1.29, 1.82) is 0 Å². The first-order chi connectivity index (χ1) is 20.4. The van der Waals surface area contributed by atoms with Crippen molar-refractivity contribution in [3.05, 3.63) is 68.0 Å². The maximum atomic E-state index is 13.2. The first-order valence-electron chi connectivity index (χ1n) is 12.6. The number of nitrogens with zero attached hydrogens (tertiary/aromatic N) is 4. The number of hydrogen-bond acceptors (Lipinski definition) is 14. The van der Waals surface area contributed by atoms with Crippen molar-refractivity contribution in [2.45, 2.75) is 44.4 Å². The zero-order valence-electron chi connectivity index (χ0n) is 23.4. The lowest BCUT2D eigenvalue weighted by Crippen LogP contribution is -2.71. The van der Waals surface area contributed by atoms with Crippen LogP contribution in [0.5, 0.6) is 0 Å². The molecule has 2 atom stereocenters. The van der Waals surface area contributed by atoms with Crippen molar-refractivity contribution in [3.63, 3.8) is 0 Å². The Labute approximate surface area is 253 Å². The number of nitro benzene ring substituents is 1. The molecule has 0 aliphatic carbocycles. The lowest BCUT2D eigenvalue weighted by Gasteiger charge is -2.49. The number of rotatable bonds is 11. The summed E-state index contributed by atoms with van der Waals surface area (Å²) < 4.78 is 15.9. The van der Waals surface area contributed by atoms with Crippen molar-refractivity contribution in [1.82, 2.24) is 15.2 Å². The molecule has 228 valence electrons. The standard InChI is InChI=1S/C26H27N5O10S2/c1-26(2,3)41-18(32)10-40-29-19(16-11-42-13-27-16)22(33)28-20-23(34)30-21(17(38-4)12-43-24(20)30)25(35)39-9-14-5-7-15(8-6-14)31(36)37/h5-8,11,13,20,24H,9-10,12H2,1-4H3,(H,28,33)/b29-19-/t20?,24-/m1/s1. The Balaban J connectivity index is 1.43. The van der Waals surface area contributed by atoms with Gasteiger partial charge in [-0.1, -0.05) is 5.16 Å². The van der Waals surface area contributed by atoms with E-state index < -0.39 is 52.3 Å². The first-order valence-corrected chi connectivity index (χ1v) is 14.6. The number of carbonyl (C=O) groups excluding carboxylic acids is 4. The quantitative estimate of drug-likeness (QED) is 0.125. The average Bonchev–Trinajstić information content (AvgIpc) is 3.49. The van der Waals surface area contributed by atoms with Gasteiger partial charge in [0.25, 0.3) is 17.5 Å². The third-order valence-electron chi connectivity index (χ3n) is 5.83. The normalized spacial score (nSPS) is 18.3. The monoisotopic (exact) mass is 633 g/mol. The van der Waals surface area contributed by atoms with Crippen molar-refractivity contribution in [3.8, 4) is 0 Å². The molecule has 1 unspecified atom stereocenters. The molecule has 1 fully saturated rings. The van der Waals surface area contributed by atoms with Gasteiger partial charge >= 0.3 is 11.9 Å². The van der Waals surface area contributed by atoms with Gasteiger partial charge in [-0.25, -0.2) is 14.6 Å². The van der Waals surface area contributed by atoms with E-state index in [9.17, 15) is 29.3 Å². The highest BCUT2D eigenvalue weighted by Gasteiger charge is 2.55. The third-order valence-corrected chi connectivity index (χ3v) is 7.66. The number of nitrogens with one attached hydrogen (secondary N) is 1. The van der Waals surface area contributed by atoms with Gasteiger partial charge in [-0.15, -0.1) is 23.1 Å². The maximum absolute atomic E-state index is 13.2. The topological polar surface area (TPSA) is 189 Å². The Morgan fingerprint density at radius 1 is 1.23 bits per heavy atom. The molecule has 2 aromatic rings. The minimum absolute atomic E-state index is 0.0993. The summed E-state index contributed by atoms with van der Waals surface area (Å²) in [7, 11) is 1.36. The number of thiazole rings is 1. The van der Waals surface area contributed by atoms with Crippen molar-refractivity contribution in [2.24, 2.45) is 5.16 Å². The molecule has 1 aromatic carbocycles. The molecule has 0 radical (unpaired) electrons. The van der Waals surface area contributed by atoms with Crippen molar-refractivity contribution in [2.75, 3.05) is 19.5 Å². The van der Waals surface area contributed by atoms with Gasteiger partial charge in [0.1, 0.15) is 35.1 Å². The Bertz CT molecular complexity index is 1470. The molecule has 0 bridgehead atoms. The number of β-lactam (4-membered cyclic amide) rings is 1. The molecule has 17 heteroatoms. The number of oxime groups is 1. The van der Waals surface area contributed by atoms with E-state index in [-0.39, 0.29) is 40.9 Å². The van der Waals surface area contributed by atoms with E-state index in [2.05, 4.69) is 15.5 Å². The van der Waals surface area contributed by atoms with Crippen LogP contribution >= 0.6 is 23.1 Å². The summed E-state index contributed by atoms with van der Waals surface area (Å²) in [6, 6.07) is 4.46. The number of nitro groups is 1. The van der Waals surface area contributed by atoms with Crippen LogP contribution in [0.3, 0.4) is 0 Å². The van der Waals surface area contributed by atoms with E-state index in [1.165, 1.54) is 64.9 Å². The number of amides is 2. The Morgan fingerprint density at radius 2 is 1.95 bits per heavy atom. The van der Waals surface area contributed by atoms with Gasteiger partial charge in [0.15, 0.2) is 11.4 Å². The van der Waals surface area contributed by atoms with Crippen LogP contribution in [-0.4, -0.2) is 80.8 Å². The molecule has 3 heterocycles. The first kappa shape index (κ1) is 31.4. The lowest BCUT2D eigenvalue weighted by molar-refractivity contribution is -0.384. The van der Waals surface area contributed by atoms with Crippen molar-refractivity contribution >= 4 is 58.3 Å². The molecule has 1 saturated heterocycles. The predicted octanol–water partition coefficient (Wildman–Crippen LogP) is 2.11. The molecule has 15 nitrogen and oxygen atoms in total. The number of ether oxygens (including phenoxy) is 3. The van der Waals surface area contributed by atoms with Crippen LogP contribution in [0.4, 0.5) is 5.69 Å². The largest absolute Gasteiger partial charge is 0.498 e. The number of non-ortho nitro benzene ring substituents is 1. The number of fused-ring (bicyclic) bond motifs is 1. The van der Waals surface area contributed by atoms with Gasteiger partial charge in [-0.05, 0) is 38.5 Å². The Morgan fingerprint density at radius 3 is 2.56 bits per heavy atom. The van der Waals surface area contributed by atoms with Gasteiger partial charge < -0.3 is 24.4 Å². The summed E-state index contributed by atoms with van der Waals surface area (Å²) in [6.07, 6.45) is 0. The zero-order valence-corrected chi connectivity index (χ0v) is 25.1. The smallest absolute Gasteiger partial charge is 0.358 e. The molecule has 2 amide bonds. The van der Waals surface area contributed by atoms with Gasteiger partial charge in [0.05, 0.1) is 23.3 Å². The van der Waals surface area contributed by atoms with Gasteiger partial charge in [-0.3, -0.25) is 24.6 Å². The average molecular weight is 634 g/mol. The summed E-state index contributed by atoms with van der Waals surface area (Å²) in [5, 5.41) is 18.2. The summed E-state index contributed by atoms with van der Waals surface area (Å²) in [6.45, 7) is 4.33. The van der Waals surface area contributed by atoms with Crippen LogP contribution < -0.4 is 5.32 Å². The summed E-state index contributed by atoms with van der Waals surface area (Å²) in [5.74, 6) is -2.46. The molecule has 0 spiro atoms. The second-order valence-electron chi connectivity index (χ2n) is 10.0. The molecule has 1 N–H and O–H groups in total. The Kier molecular flexibility index (Phi) is 9.65. The minimum atomic E-state index is -1.02. The van der Waals surface area contributed by atoms with Gasteiger partial charge in [-0.2, -0.15) is 0 Å². The zero-order chi connectivity index (χ0) is 31.3. The fourth-order valence-electron chi connectivity index (χ4n) is 3.93. The van der Waals surface area contributed by atoms with Gasteiger partial charge in [0, 0.05) is 17.5 Å². The lowest BCUT2D eigenvalue weighted by atomic mass is 10.0. The number of benzene rings is 1. The fraction of sp³-hybridized carbons (Fsp3) is 0.385. The summed E-state index contributed by atoms with van der Waals surface area (Å²) in [5.41, 5.74) is 0.950. The molecular formula is C26H27N5O10S2. The predicted molar refractivity (Wildman–Crippen MR) is 152 cm³/mol. The molecule has 4 rings (SSSR count).